The smallest absolute Gasteiger partial charge is 0.298 e. The van der Waals surface area contributed by atoms with Crippen LogP contribution in [0.4, 0.5) is 5.69 Å². The summed E-state index contributed by atoms with van der Waals surface area (Å²) >= 11 is 0. The first-order chi connectivity index (χ1) is 21.8. The molecule has 9 heteroatoms. The van der Waals surface area contributed by atoms with Gasteiger partial charge in [-0.25, -0.2) is 4.90 Å². The average Bonchev–Trinajstić information content (AvgIpc) is 3.29. The molecule has 0 fully saturated rings. The molecule has 9 nitrogen and oxygen atoms in total. The molecule has 0 bridgehead atoms. The van der Waals surface area contributed by atoms with Gasteiger partial charge in [0.15, 0.2) is 0 Å². The first-order valence-electron chi connectivity index (χ1n) is 14.0. The van der Waals surface area contributed by atoms with Crippen LogP contribution in [-0.4, -0.2) is 31.2 Å². The van der Waals surface area contributed by atoms with Crippen molar-refractivity contribution in [2.45, 2.75) is 6.92 Å². The van der Waals surface area contributed by atoms with Crippen LogP contribution in [0.3, 0.4) is 0 Å². The van der Waals surface area contributed by atoms with Gasteiger partial charge in [0.05, 0.1) is 22.4 Å². The van der Waals surface area contributed by atoms with Crippen LogP contribution in [0.2, 0.25) is 0 Å². The Morgan fingerprint density at radius 1 is 0.689 bits per heavy atom. The Morgan fingerprint density at radius 3 is 1.80 bits per heavy atom. The molecule has 45 heavy (non-hydrogen) atoms. The number of carbonyl (C=O) groups is 4. The van der Waals surface area contributed by atoms with E-state index >= 15 is 0 Å². The van der Waals surface area contributed by atoms with E-state index in [0.717, 1.165) is 33.1 Å². The highest BCUT2D eigenvalue weighted by Gasteiger charge is 2.38. The highest BCUT2D eigenvalue weighted by atomic mass is 16.5. The van der Waals surface area contributed by atoms with E-state index < -0.39 is 17.7 Å². The Kier molecular flexibility index (Phi) is 7.82. The van der Waals surface area contributed by atoms with Crippen molar-refractivity contribution >= 4 is 29.9 Å². The average molecular weight is 599 g/mol. The van der Waals surface area contributed by atoms with Crippen molar-refractivity contribution in [2.75, 3.05) is 11.9 Å². The van der Waals surface area contributed by atoms with Gasteiger partial charge in [-0.3, -0.25) is 19.2 Å². The highest BCUT2D eigenvalue weighted by molar-refractivity contribution is 6.35. The van der Waals surface area contributed by atoms with E-state index in [4.69, 9.17) is 14.2 Å². The fourth-order valence-electron chi connectivity index (χ4n) is 5.03. The first kappa shape index (κ1) is 28.9. The Hall–Kier alpha value is -6.22. The zero-order chi connectivity index (χ0) is 31.5. The maximum absolute atomic E-state index is 13.3. The van der Waals surface area contributed by atoms with Gasteiger partial charge in [0, 0.05) is 13.1 Å². The third kappa shape index (κ3) is 5.87. The van der Waals surface area contributed by atoms with Crippen LogP contribution in [0.15, 0.2) is 109 Å². The number of ether oxygens (including phenoxy) is 3. The van der Waals surface area contributed by atoms with Gasteiger partial charge in [-0.1, -0.05) is 42.5 Å². The molecule has 5 aromatic carbocycles. The molecule has 5 aromatic rings. The quantitative estimate of drug-likeness (QED) is 0.144. The summed E-state index contributed by atoms with van der Waals surface area (Å²) in [5, 5.41) is 2.43. The third-order valence-corrected chi connectivity index (χ3v) is 7.21. The lowest BCUT2D eigenvalue weighted by atomic mass is 10.0. The number of hydrogen-bond donors (Lipinski definition) is 1. The zero-order valence-electron chi connectivity index (χ0n) is 24.3. The molecule has 0 atom stereocenters. The monoisotopic (exact) mass is 598 g/mol. The molecule has 3 amide bonds. The Bertz CT molecular complexity index is 1950. The minimum atomic E-state index is -0.619. The summed E-state index contributed by atoms with van der Waals surface area (Å²) in [7, 11) is 1.40. The van der Waals surface area contributed by atoms with E-state index in [1.165, 1.54) is 19.2 Å². The van der Waals surface area contributed by atoms with Crippen molar-refractivity contribution in [1.82, 2.24) is 5.32 Å². The summed E-state index contributed by atoms with van der Waals surface area (Å²) in [4.78, 5) is 50.9. The van der Waals surface area contributed by atoms with E-state index in [1.54, 1.807) is 24.3 Å². The van der Waals surface area contributed by atoms with E-state index in [-0.39, 0.29) is 34.6 Å². The van der Waals surface area contributed by atoms with Crippen LogP contribution in [0.25, 0.3) is 11.1 Å². The van der Waals surface area contributed by atoms with E-state index in [2.05, 4.69) is 5.32 Å². The summed E-state index contributed by atoms with van der Waals surface area (Å²) in [5.74, 6) is 0.556. The second-order valence-electron chi connectivity index (χ2n) is 10.2. The molecule has 1 heterocycles. The van der Waals surface area contributed by atoms with Crippen molar-refractivity contribution in [3.63, 3.8) is 0 Å². The van der Waals surface area contributed by atoms with Crippen LogP contribution in [0, 0.1) is 6.92 Å². The zero-order valence-corrected chi connectivity index (χ0v) is 24.3. The van der Waals surface area contributed by atoms with Crippen molar-refractivity contribution in [3.8, 4) is 39.9 Å². The molecule has 1 N–H and O–H groups in total. The van der Waals surface area contributed by atoms with Gasteiger partial charge < -0.3 is 19.5 Å². The largest absolute Gasteiger partial charge is 0.457 e. The van der Waals surface area contributed by atoms with Gasteiger partial charge >= 0.3 is 0 Å². The Balaban J connectivity index is 1.17. The summed E-state index contributed by atoms with van der Waals surface area (Å²) < 4.78 is 16.9. The maximum Gasteiger partial charge on any atom is 0.298 e. The van der Waals surface area contributed by atoms with Crippen molar-refractivity contribution in [2.24, 2.45) is 0 Å². The number of fused-ring (bicyclic) bond motifs is 1. The molecular formula is C36H26N2O7. The lowest BCUT2D eigenvalue weighted by Gasteiger charge is -2.15. The minimum Gasteiger partial charge on any atom is -0.457 e. The number of amides is 3. The van der Waals surface area contributed by atoms with Crippen LogP contribution < -0.4 is 24.4 Å². The normalized spacial score (nSPS) is 12.0. The lowest BCUT2D eigenvalue weighted by Crippen LogP contribution is -2.29. The molecule has 1 aliphatic heterocycles. The van der Waals surface area contributed by atoms with Crippen molar-refractivity contribution in [3.05, 3.63) is 131 Å². The number of aryl methyl sites for hydroxylation is 1. The number of anilines is 1. The number of rotatable bonds is 9. The van der Waals surface area contributed by atoms with Gasteiger partial charge in [-0.2, -0.15) is 0 Å². The molecule has 0 saturated heterocycles. The van der Waals surface area contributed by atoms with Crippen LogP contribution in [0.1, 0.15) is 36.6 Å². The van der Waals surface area contributed by atoms with Crippen LogP contribution in [-0.2, 0) is 4.79 Å². The standard InChI is InChI=1S/C36H26N2O7/c1-22-5-3-7-28(17-22)44-26-13-9-23(10-14-26)24-11-15-27(16-12-24)45-29-8-4-6-25(18-29)38-35(41)30-19-32(34(40)37-2)33(43-21-39)20-31(30)36(38)42/h3-21H,1-2H3,(H,37,40). The van der Waals surface area contributed by atoms with E-state index in [1.807, 2.05) is 79.7 Å². The molecule has 0 spiro atoms. The predicted octanol–water partition coefficient (Wildman–Crippen LogP) is 6.94. The number of nitrogens with zero attached hydrogens (tertiary/aromatic N) is 1. The fraction of sp³-hybridized carbons (Fsp3) is 0.0556. The Morgan fingerprint density at radius 2 is 1.24 bits per heavy atom. The molecule has 222 valence electrons. The minimum absolute atomic E-state index is 0.0150. The van der Waals surface area contributed by atoms with Gasteiger partial charge in [0.25, 0.3) is 24.2 Å². The topological polar surface area (TPSA) is 111 Å². The fourth-order valence-corrected chi connectivity index (χ4v) is 5.03. The van der Waals surface area contributed by atoms with Gasteiger partial charge in [-0.05, 0) is 84.3 Å². The number of hydrogen-bond acceptors (Lipinski definition) is 7. The Labute approximate surface area is 258 Å². The van der Waals surface area contributed by atoms with Gasteiger partial charge in [0.1, 0.15) is 28.7 Å². The third-order valence-electron chi connectivity index (χ3n) is 7.21. The molecule has 6 rings (SSSR count). The number of nitrogens with one attached hydrogen (secondary N) is 1. The van der Waals surface area contributed by atoms with Crippen LogP contribution in [0.5, 0.6) is 28.7 Å². The second kappa shape index (κ2) is 12.2. The second-order valence-corrected chi connectivity index (χ2v) is 10.2. The number of carbonyl (C=O) groups excluding carboxylic acids is 4. The van der Waals surface area contributed by atoms with Crippen molar-refractivity contribution in [1.29, 1.82) is 0 Å². The molecular weight excluding hydrogens is 572 g/mol. The summed E-state index contributed by atoms with van der Waals surface area (Å²) in [6.45, 7) is 2.17. The lowest BCUT2D eigenvalue weighted by molar-refractivity contribution is -0.120. The molecule has 0 aliphatic carbocycles. The van der Waals surface area contributed by atoms with Crippen LogP contribution >= 0.6 is 0 Å². The molecule has 0 radical (unpaired) electrons. The maximum atomic E-state index is 13.3. The first-order valence-corrected chi connectivity index (χ1v) is 14.0. The van der Waals surface area contributed by atoms with Gasteiger partial charge in [-0.15, -0.1) is 0 Å². The van der Waals surface area contributed by atoms with Gasteiger partial charge in [0.2, 0.25) is 0 Å². The molecule has 0 saturated carbocycles. The molecule has 0 unspecified atom stereocenters. The number of imide groups is 1. The van der Waals surface area contributed by atoms with Crippen molar-refractivity contribution < 1.29 is 33.4 Å². The number of benzene rings is 5. The van der Waals surface area contributed by atoms with E-state index in [0.29, 0.717) is 11.5 Å². The predicted molar refractivity (Wildman–Crippen MR) is 167 cm³/mol. The molecule has 1 aliphatic rings. The SMILES string of the molecule is CNC(=O)c1cc2c(cc1OC=O)C(=O)N(c1cccc(Oc3ccc(-c4ccc(Oc5cccc(C)c5)cc4)cc3)c1)C2=O. The summed E-state index contributed by atoms with van der Waals surface area (Å²) in [6, 6.07) is 32.2. The summed E-state index contributed by atoms with van der Waals surface area (Å²) in [5.41, 5.74) is 3.39. The highest BCUT2D eigenvalue weighted by Crippen LogP contribution is 2.35. The molecule has 0 aromatic heterocycles. The summed E-state index contributed by atoms with van der Waals surface area (Å²) in [6.07, 6.45) is 0. The van der Waals surface area contributed by atoms with E-state index in [9.17, 15) is 19.2 Å².